The summed E-state index contributed by atoms with van der Waals surface area (Å²) in [5.41, 5.74) is 4.68. The Morgan fingerprint density at radius 3 is 3.00 bits per heavy atom. The van der Waals surface area contributed by atoms with Gasteiger partial charge in [0.05, 0.1) is 0 Å². The summed E-state index contributed by atoms with van der Waals surface area (Å²) in [4.78, 5) is 2.54. The van der Waals surface area contributed by atoms with Crippen LogP contribution in [0, 0.1) is 0 Å². The van der Waals surface area contributed by atoms with Crippen LogP contribution in [0.25, 0.3) is 0 Å². The van der Waals surface area contributed by atoms with Crippen LogP contribution in [-0.4, -0.2) is 19.6 Å². The number of nitrogens with one attached hydrogen (secondary N) is 1. The fraction of sp³-hybridized carbons (Fsp3) is 0.538. The zero-order valence-electron chi connectivity index (χ0n) is 9.81. The molecule has 86 valence electrons. The van der Waals surface area contributed by atoms with E-state index in [0.717, 1.165) is 26.2 Å². The molecule has 2 aliphatic rings. The van der Waals surface area contributed by atoms with E-state index in [1.165, 1.54) is 21.3 Å². The van der Waals surface area contributed by atoms with E-state index in [0.29, 0.717) is 0 Å². The van der Waals surface area contributed by atoms with E-state index < -0.39 is 0 Å². The normalized spacial score (nSPS) is 21.8. The van der Waals surface area contributed by atoms with Gasteiger partial charge in [-0.05, 0) is 17.2 Å². The van der Waals surface area contributed by atoms with E-state index in [-0.39, 0.29) is 5.41 Å². The highest BCUT2D eigenvalue weighted by atomic mass is 79.9. The van der Waals surface area contributed by atoms with Gasteiger partial charge in [0.15, 0.2) is 0 Å². The van der Waals surface area contributed by atoms with Gasteiger partial charge < -0.3 is 10.2 Å². The van der Waals surface area contributed by atoms with Crippen molar-refractivity contribution in [1.82, 2.24) is 5.32 Å². The van der Waals surface area contributed by atoms with Crippen molar-refractivity contribution in [3.05, 3.63) is 27.7 Å². The first-order chi connectivity index (χ1) is 7.59. The molecular weight excluding hydrogens is 264 g/mol. The third kappa shape index (κ3) is 1.41. The van der Waals surface area contributed by atoms with Gasteiger partial charge in [-0.15, -0.1) is 0 Å². The van der Waals surface area contributed by atoms with Crippen LogP contribution >= 0.6 is 15.9 Å². The van der Waals surface area contributed by atoms with Crippen LogP contribution in [0.4, 0.5) is 5.69 Å². The van der Waals surface area contributed by atoms with Crippen LogP contribution in [0.5, 0.6) is 0 Å². The molecule has 0 atom stereocenters. The number of hydrogen-bond donors (Lipinski definition) is 1. The molecule has 3 heteroatoms. The van der Waals surface area contributed by atoms with Crippen molar-refractivity contribution in [2.45, 2.75) is 25.8 Å². The molecule has 0 fully saturated rings. The van der Waals surface area contributed by atoms with Gasteiger partial charge in [0.25, 0.3) is 0 Å². The van der Waals surface area contributed by atoms with Gasteiger partial charge in [0.2, 0.25) is 0 Å². The lowest BCUT2D eigenvalue weighted by Gasteiger charge is -2.21. The van der Waals surface area contributed by atoms with Gasteiger partial charge in [0.1, 0.15) is 0 Å². The molecule has 3 rings (SSSR count). The molecule has 0 aromatic heterocycles. The maximum Gasteiger partial charge on any atom is 0.0462 e. The molecule has 2 heterocycles. The van der Waals surface area contributed by atoms with Crippen LogP contribution in [0.15, 0.2) is 16.6 Å². The molecule has 0 bridgehead atoms. The number of benzene rings is 1. The highest BCUT2D eigenvalue weighted by molar-refractivity contribution is 9.10. The second-order valence-electron chi connectivity index (χ2n) is 5.41. The molecule has 0 aliphatic carbocycles. The Labute approximate surface area is 105 Å². The Hall–Kier alpha value is -0.540. The molecule has 0 radical (unpaired) electrons. The molecule has 0 amide bonds. The minimum atomic E-state index is 0.265. The number of hydrogen-bond acceptors (Lipinski definition) is 2. The zero-order chi connectivity index (χ0) is 11.3. The standard InChI is InChI=1S/C13H17BrN2/c1-13(2)8-16-6-5-15-7-9-3-4-10(14)11(13)12(9)16/h3-4,15H,5-8H2,1-2H3. The average Bonchev–Trinajstić information content (AvgIpc) is 2.38. The second-order valence-corrected chi connectivity index (χ2v) is 6.27. The van der Waals surface area contributed by atoms with E-state index in [2.05, 4.69) is 52.1 Å². The van der Waals surface area contributed by atoms with Gasteiger partial charge in [-0.2, -0.15) is 0 Å². The van der Waals surface area contributed by atoms with Crippen molar-refractivity contribution < 1.29 is 0 Å². The van der Waals surface area contributed by atoms with Crippen LogP contribution in [-0.2, 0) is 12.0 Å². The topological polar surface area (TPSA) is 15.3 Å². The number of halogens is 1. The number of rotatable bonds is 0. The SMILES string of the molecule is CC1(C)CN2CCNCc3ccc(Br)c1c32. The maximum atomic E-state index is 3.72. The molecule has 2 aliphatic heterocycles. The first-order valence-corrected chi connectivity index (χ1v) is 6.66. The van der Waals surface area contributed by atoms with Crippen molar-refractivity contribution in [2.75, 3.05) is 24.5 Å². The Bertz CT molecular complexity index is 440. The fourth-order valence-electron chi connectivity index (χ4n) is 3.02. The smallest absolute Gasteiger partial charge is 0.0462 e. The average molecular weight is 281 g/mol. The van der Waals surface area contributed by atoms with Gasteiger partial charge in [-0.3, -0.25) is 0 Å². The number of anilines is 1. The summed E-state index contributed by atoms with van der Waals surface area (Å²) < 4.78 is 1.26. The van der Waals surface area contributed by atoms with E-state index in [4.69, 9.17) is 0 Å². The molecule has 2 nitrogen and oxygen atoms in total. The highest BCUT2D eigenvalue weighted by Crippen LogP contribution is 2.46. The summed E-state index contributed by atoms with van der Waals surface area (Å²) in [7, 11) is 0. The predicted molar refractivity (Wildman–Crippen MR) is 71.1 cm³/mol. The summed E-state index contributed by atoms with van der Waals surface area (Å²) in [5.74, 6) is 0. The van der Waals surface area contributed by atoms with Crippen molar-refractivity contribution in [2.24, 2.45) is 0 Å². The largest absolute Gasteiger partial charge is 0.369 e. The van der Waals surface area contributed by atoms with E-state index in [1.54, 1.807) is 0 Å². The fourth-order valence-corrected chi connectivity index (χ4v) is 3.88. The molecule has 1 aromatic rings. The second kappa shape index (κ2) is 3.47. The van der Waals surface area contributed by atoms with Gasteiger partial charge in [-0.1, -0.05) is 35.8 Å². The van der Waals surface area contributed by atoms with Gasteiger partial charge in [-0.25, -0.2) is 0 Å². The lowest BCUT2D eigenvalue weighted by molar-refractivity contribution is 0.543. The molecule has 0 spiro atoms. The first-order valence-electron chi connectivity index (χ1n) is 5.87. The molecule has 0 saturated heterocycles. The first kappa shape index (κ1) is 10.6. The summed E-state index contributed by atoms with van der Waals surface area (Å²) in [5, 5.41) is 3.48. The minimum absolute atomic E-state index is 0.265. The van der Waals surface area contributed by atoms with Crippen molar-refractivity contribution >= 4 is 21.6 Å². The molecule has 0 unspecified atom stereocenters. The molecule has 16 heavy (non-hydrogen) atoms. The maximum absolute atomic E-state index is 3.72. The highest BCUT2D eigenvalue weighted by Gasteiger charge is 2.38. The Morgan fingerprint density at radius 1 is 1.38 bits per heavy atom. The van der Waals surface area contributed by atoms with Crippen LogP contribution in [0.3, 0.4) is 0 Å². The molecule has 1 aromatic carbocycles. The van der Waals surface area contributed by atoms with Crippen LogP contribution in [0.2, 0.25) is 0 Å². The van der Waals surface area contributed by atoms with Crippen LogP contribution < -0.4 is 10.2 Å². The lowest BCUT2D eigenvalue weighted by atomic mass is 9.86. The molecular formula is C13H17BrN2. The van der Waals surface area contributed by atoms with E-state index >= 15 is 0 Å². The van der Waals surface area contributed by atoms with E-state index in [1.807, 2.05) is 0 Å². The third-order valence-corrected chi connectivity index (χ3v) is 4.32. The Kier molecular flexibility index (Phi) is 2.30. The molecule has 0 saturated carbocycles. The molecule has 1 N–H and O–H groups in total. The quantitative estimate of drug-likeness (QED) is 0.786. The lowest BCUT2D eigenvalue weighted by Crippen LogP contribution is -2.32. The summed E-state index contributed by atoms with van der Waals surface area (Å²) >= 11 is 3.72. The van der Waals surface area contributed by atoms with Gasteiger partial charge >= 0.3 is 0 Å². The summed E-state index contributed by atoms with van der Waals surface area (Å²) in [6.07, 6.45) is 0. The minimum Gasteiger partial charge on any atom is -0.369 e. The van der Waals surface area contributed by atoms with Crippen molar-refractivity contribution in [3.8, 4) is 0 Å². The monoisotopic (exact) mass is 280 g/mol. The number of nitrogens with zero attached hydrogens (tertiary/aromatic N) is 1. The Morgan fingerprint density at radius 2 is 2.19 bits per heavy atom. The van der Waals surface area contributed by atoms with Crippen molar-refractivity contribution in [3.63, 3.8) is 0 Å². The summed E-state index contributed by atoms with van der Waals surface area (Å²) in [6, 6.07) is 4.45. The Balaban J connectivity index is 2.26. The third-order valence-electron chi connectivity index (χ3n) is 3.66. The van der Waals surface area contributed by atoms with Gasteiger partial charge in [0, 0.05) is 41.8 Å². The van der Waals surface area contributed by atoms with Crippen molar-refractivity contribution in [1.29, 1.82) is 0 Å². The summed E-state index contributed by atoms with van der Waals surface area (Å²) in [6.45, 7) is 9.04. The van der Waals surface area contributed by atoms with Crippen LogP contribution in [0.1, 0.15) is 25.0 Å². The predicted octanol–water partition coefficient (Wildman–Crippen LogP) is 2.65. The van der Waals surface area contributed by atoms with E-state index in [9.17, 15) is 0 Å². The zero-order valence-corrected chi connectivity index (χ0v) is 11.4.